The van der Waals surface area contributed by atoms with E-state index in [-0.39, 0.29) is 23.8 Å². The van der Waals surface area contributed by atoms with Gasteiger partial charge in [-0.1, -0.05) is 18.2 Å². The predicted octanol–water partition coefficient (Wildman–Crippen LogP) is 1.51. The van der Waals surface area contributed by atoms with E-state index in [9.17, 15) is 14.7 Å². The van der Waals surface area contributed by atoms with Gasteiger partial charge in [-0.25, -0.2) is 0 Å². The summed E-state index contributed by atoms with van der Waals surface area (Å²) in [6.07, 6.45) is 3.81. The van der Waals surface area contributed by atoms with Crippen LogP contribution in [0.25, 0.3) is 0 Å². The molecule has 2 amide bonds. The molecular weight excluding hydrogens is 330 g/mol. The molecule has 0 aromatic heterocycles. The summed E-state index contributed by atoms with van der Waals surface area (Å²) in [4.78, 5) is 28.4. The number of hydrogen-bond donors (Lipinski definition) is 2. The first-order valence-corrected chi connectivity index (χ1v) is 9.24. The second kappa shape index (κ2) is 8.36. The molecule has 2 N–H and O–H groups in total. The van der Waals surface area contributed by atoms with Gasteiger partial charge < -0.3 is 15.3 Å². The van der Waals surface area contributed by atoms with Gasteiger partial charge in [-0.2, -0.15) is 0 Å². The lowest BCUT2D eigenvalue weighted by atomic mass is 10.0. The average molecular weight is 357 g/mol. The quantitative estimate of drug-likeness (QED) is 0.757. The fourth-order valence-corrected chi connectivity index (χ4v) is 3.75. The molecule has 1 unspecified atom stereocenters. The molecule has 2 heterocycles. The van der Waals surface area contributed by atoms with Crippen LogP contribution >= 0.6 is 0 Å². The monoisotopic (exact) mass is 357 g/mol. The maximum absolute atomic E-state index is 12.5. The van der Waals surface area contributed by atoms with Crippen molar-refractivity contribution >= 4 is 11.8 Å². The third-order valence-corrected chi connectivity index (χ3v) is 5.19. The highest BCUT2D eigenvalue weighted by Gasteiger charge is 2.34. The summed E-state index contributed by atoms with van der Waals surface area (Å²) in [7, 11) is 0. The first kappa shape index (κ1) is 18.5. The molecular formula is C20H27N3O3. The second-order valence-electron chi connectivity index (χ2n) is 7.22. The van der Waals surface area contributed by atoms with Crippen molar-refractivity contribution in [2.24, 2.45) is 5.92 Å². The Labute approximate surface area is 154 Å². The molecule has 2 saturated heterocycles. The number of benzene rings is 1. The molecule has 140 valence electrons. The molecule has 0 bridgehead atoms. The van der Waals surface area contributed by atoms with Gasteiger partial charge in [0.15, 0.2) is 0 Å². The molecule has 1 aromatic carbocycles. The minimum Gasteiger partial charge on any atom is -0.508 e. The van der Waals surface area contributed by atoms with Gasteiger partial charge in [0.05, 0.1) is 5.92 Å². The van der Waals surface area contributed by atoms with E-state index in [4.69, 9.17) is 0 Å². The molecule has 0 radical (unpaired) electrons. The number of phenols is 1. The number of phenolic OH excluding ortho intramolecular Hbond substituents is 1. The highest BCUT2D eigenvalue weighted by molar-refractivity contribution is 5.89. The summed E-state index contributed by atoms with van der Waals surface area (Å²) in [5.41, 5.74) is 1.10. The Morgan fingerprint density at radius 2 is 2.12 bits per heavy atom. The van der Waals surface area contributed by atoms with Crippen LogP contribution in [0.5, 0.6) is 5.75 Å². The Kier molecular flexibility index (Phi) is 5.93. The molecule has 2 aliphatic rings. The lowest BCUT2D eigenvalue weighted by molar-refractivity contribution is -0.129. The zero-order valence-corrected chi connectivity index (χ0v) is 15.1. The lowest BCUT2D eigenvalue weighted by Gasteiger charge is -2.32. The normalized spacial score (nSPS) is 21.8. The van der Waals surface area contributed by atoms with Gasteiger partial charge in [-0.05, 0) is 30.5 Å². The van der Waals surface area contributed by atoms with Crippen LogP contribution in [0.3, 0.4) is 0 Å². The van der Waals surface area contributed by atoms with Crippen molar-refractivity contribution in [3.63, 3.8) is 0 Å². The summed E-state index contributed by atoms with van der Waals surface area (Å²) >= 11 is 0. The first-order chi connectivity index (χ1) is 12.5. The van der Waals surface area contributed by atoms with Crippen LogP contribution in [0, 0.1) is 5.92 Å². The summed E-state index contributed by atoms with van der Waals surface area (Å²) in [6.45, 7) is 7.28. The number of rotatable bonds is 6. The summed E-state index contributed by atoms with van der Waals surface area (Å²) < 4.78 is 0. The molecule has 1 aromatic rings. The summed E-state index contributed by atoms with van der Waals surface area (Å²) in [5.74, 6) is 0.0800. The number of piperidine rings is 1. The highest BCUT2D eigenvalue weighted by atomic mass is 16.3. The maximum Gasteiger partial charge on any atom is 0.225 e. The molecule has 0 saturated carbocycles. The zero-order valence-electron chi connectivity index (χ0n) is 15.1. The van der Waals surface area contributed by atoms with Crippen molar-refractivity contribution in [1.82, 2.24) is 15.1 Å². The van der Waals surface area contributed by atoms with Gasteiger partial charge in [0.1, 0.15) is 5.75 Å². The van der Waals surface area contributed by atoms with Crippen molar-refractivity contribution in [2.75, 3.05) is 26.2 Å². The van der Waals surface area contributed by atoms with E-state index in [2.05, 4.69) is 16.8 Å². The van der Waals surface area contributed by atoms with Gasteiger partial charge >= 0.3 is 0 Å². The van der Waals surface area contributed by atoms with Gasteiger partial charge in [0, 0.05) is 45.2 Å². The minimum atomic E-state index is -0.243. The van der Waals surface area contributed by atoms with Crippen molar-refractivity contribution < 1.29 is 14.7 Å². The minimum absolute atomic E-state index is 0.00339. The Balaban J connectivity index is 1.43. The molecule has 1 atom stereocenters. The topological polar surface area (TPSA) is 72.9 Å². The van der Waals surface area contributed by atoms with Crippen molar-refractivity contribution in [2.45, 2.75) is 31.8 Å². The molecule has 6 heteroatoms. The van der Waals surface area contributed by atoms with E-state index in [0.717, 1.165) is 38.0 Å². The third-order valence-electron chi connectivity index (χ3n) is 5.19. The third kappa shape index (κ3) is 4.64. The predicted molar refractivity (Wildman–Crippen MR) is 99.4 cm³/mol. The van der Waals surface area contributed by atoms with Crippen LogP contribution < -0.4 is 5.32 Å². The van der Waals surface area contributed by atoms with Gasteiger partial charge in [0.2, 0.25) is 11.8 Å². The van der Waals surface area contributed by atoms with E-state index < -0.39 is 0 Å². The second-order valence-corrected chi connectivity index (χ2v) is 7.22. The number of hydrogen-bond acceptors (Lipinski definition) is 4. The van der Waals surface area contributed by atoms with Crippen LogP contribution in [-0.2, 0) is 16.1 Å². The van der Waals surface area contributed by atoms with Crippen LogP contribution in [0.1, 0.15) is 24.8 Å². The average Bonchev–Trinajstić information content (AvgIpc) is 2.98. The standard InChI is InChI=1S/C20H27N3O3/c1-2-8-23-14-16(12-19(23)25)20(26)21-17-6-9-22(10-7-17)13-15-4-3-5-18(24)11-15/h2-5,11,16-17,24H,1,6-10,12-14H2,(H,21,26). The van der Waals surface area contributed by atoms with Gasteiger partial charge in [-0.15, -0.1) is 6.58 Å². The number of nitrogens with one attached hydrogen (secondary N) is 1. The van der Waals surface area contributed by atoms with Crippen LogP contribution in [0.4, 0.5) is 0 Å². The van der Waals surface area contributed by atoms with E-state index in [1.807, 2.05) is 12.1 Å². The van der Waals surface area contributed by atoms with Gasteiger partial charge in [-0.3, -0.25) is 14.5 Å². The molecule has 0 aliphatic carbocycles. The SMILES string of the molecule is C=CCN1CC(C(=O)NC2CCN(Cc3cccc(O)c3)CC2)CC1=O. The fraction of sp³-hybridized carbons (Fsp3) is 0.500. The van der Waals surface area contributed by atoms with Crippen LogP contribution in [0.15, 0.2) is 36.9 Å². The number of likely N-dealkylation sites (tertiary alicyclic amines) is 2. The first-order valence-electron chi connectivity index (χ1n) is 9.24. The van der Waals surface area contributed by atoms with Crippen LogP contribution in [-0.4, -0.2) is 58.9 Å². The maximum atomic E-state index is 12.5. The number of carbonyl (C=O) groups is 2. The Morgan fingerprint density at radius 1 is 1.35 bits per heavy atom. The lowest BCUT2D eigenvalue weighted by Crippen LogP contribution is -2.46. The summed E-state index contributed by atoms with van der Waals surface area (Å²) in [5, 5.41) is 12.7. The fourth-order valence-electron chi connectivity index (χ4n) is 3.75. The van der Waals surface area contributed by atoms with E-state index in [1.165, 1.54) is 0 Å². The molecule has 3 rings (SSSR count). The number of carbonyl (C=O) groups excluding carboxylic acids is 2. The van der Waals surface area contributed by atoms with E-state index in [0.29, 0.717) is 25.3 Å². The molecule has 2 fully saturated rings. The molecule has 0 spiro atoms. The molecule has 26 heavy (non-hydrogen) atoms. The Hall–Kier alpha value is -2.34. The molecule has 2 aliphatic heterocycles. The van der Waals surface area contributed by atoms with E-state index in [1.54, 1.807) is 23.1 Å². The van der Waals surface area contributed by atoms with Crippen molar-refractivity contribution in [3.8, 4) is 5.75 Å². The van der Waals surface area contributed by atoms with Crippen LogP contribution in [0.2, 0.25) is 0 Å². The largest absolute Gasteiger partial charge is 0.508 e. The summed E-state index contributed by atoms with van der Waals surface area (Å²) in [6, 6.07) is 7.51. The smallest absolute Gasteiger partial charge is 0.225 e. The number of nitrogens with zero attached hydrogens (tertiary/aromatic N) is 2. The van der Waals surface area contributed by atoms with E-state index >= 15 is 0 Å². The zero-order chi connectivity index (χ0) is 18.5. The molecule has 6 nitrogen and oxygen atoms in total. The number of aromatic hydroxyl groups is 1. The van der Waals surface area contributed by atoms with Crippen molar-refractivity contribution in [3.05, 3.63) is 42.5 Å². The van der Waals surface area contributed by atoms with Gasteiger partial charge in [0.25, 0.3) is 0 Å². The van der Waals surface area contributed by atoms with Crippen molar-refractivity contribution in [1.29, 1.82) is 0 Å². The Morgan fingerprint density at radius 3 is 2.81 bits per heavy atom. The highest BCUT2D eigenvalue weighted by Crippen LogP contribution is 2.20. The number of amides is 2. The Bertz CT molecular complexity index is 668.